The molecular weight excluding hydrogens is 166 g/mol. The third-order valence-corrected chi connectivity index (χ3v) is 1.86. The molecule has 3 N–H and O–H groups in total. The molecule has 0 aromatic carbocycles. The van der Waals surface area contributed by atoms with E-state index in [1.165, 1.54) is 6.20 Å². The summed E-state index contributed by atoms with van der Waals surface area (Å²) < 4.78 is 0. The molecule has 4 nitrogen and oxygen atoms in total. The molecule has 68 valence electrons. The summed E-state index contributed by atoms with van der Waals surface area (Å²) in [5.41, 5.74) is 5.70. The van der Waals surface area contributed by atoms with Gasteiger partial charge in [-0.15, -0.1) is 0 Å². The Balaban J connectivity index is 3.22. The highest BCUT2D eigenvalue weighted by atomic mass is 16.3. The summed E-state index contributed by atoms with van der Waals surface area (Å²) in [7, 11) is 0. The maximum Gasteiger partial charge on any atom is 0.145 e. The minimum absolute atomic E-state index is 0.215. The number of nitrogens with zero attached hydrogens (tertiary/aromatic N) is 2. The highest BCUT2D eigenvalue weighted by Crippen LogP contribution is 2.18. The van der Waals surface area contributed by atoms with Crippen LogP contribution in [0.15, 0.2) is 18.3 Å². The molecule has 0 aliphatic carbocycles. The second-order valence-electron chi connectivity index (χ2n) is 3.09. The molecule has 0 radical (unpaired) electrons. The topological polar surface area (TPSA) is 82.9 Å². The number of rotatable bonds is 2. The van der Waals surface area contributed by atoms with Gasteiger partial charge in [0.2, 0.25) is 0 Å². The third-order valence-electron chi connectivity index (χ3n) is 1.86. The van der Waals surface area contributed by atoms with E-state index in [0.717, 1.165) is 0 Å². The zero-order chi connectivity index (χ0) is 9.90. The van der Waals surface area contributed by atoms with E-state index in [2.05, 4.69) is 4.98 Å². The largest absolute Gasteiger partial charge is 0.394 e. The van der Waals surface area contributed by atoms with Crippen molar-refractivity contribution in [2.75, 3.05) is 6.61 Å². The van der Waals surface area contributed by atoms with Crippen molar-refractivity contribution >= 4 is 0 Å². The molecule has 0 fully saturated rings. The first-order chi connectivity index (χ1) is 6.11. The Morgan fingerprint density at radius 1 is 1.77 bits per heavy atom. The fraction of sp³-hybridized carbons (Fsp3) is 0.333. The Morgan fingerprint density at radius 3 is 3.00 bits per heavy atom. The molecule has 1 heterocycles. The van der Waals surface area contributed by atoms with Crippen molar-refractivity contribution in [3.63, 3.8) is 0 Å². The lowest BCUT2D eigenvalue weighted by Gasteiger charge is -2.22. The number of hydrogen-bond donors (Lipinski definition) is 2. The summed E-state index contributed by atoms with van der Waals surface area (Å²) in [5, 5.41) is 17.7. The van der Waals surface area contributed by atoms with Gasteiger partial charge >= 0.3 is 0 Å². The maximum atomic E-state index is 9.01. The van der Waals surface area contributed by atoms with Crippen LogP contribution in [0.2, 0.25) is 0 Å². The summed E-state index contributed by atoms with van der Waals surface area (Å²) in [6, 6.07) is 5.32. The fourth-order valence-electron chi connectivity index (χ4n) is 1.04. The first-order valence-electron chi connectivity index (χ1n) is 3.87. The molecular formula is C9H11N3O. The van der Waals surface area contributed by atoms with Crippen LogP contribution in [0.5, 0.6) is 0 Å². The van der Waals surface area contributed by atoms with Crippen molar-refractivity contribution in [3.05, 3.63) is 29.6 Å². The van der Waals surface area contributed by atoms with Gasteiger partial charge in [-0.3, -0.25) is 0 Å². The van der Waals surface area contributed by atoms with Gasteiger partial charge in [0, 0.05) is 11.8 Å². The summed E-state index contributed by atoms with van der Waals surface area (Å²) >= 11 is 0. The highest BCUT2D eigenvalue weighted by molar-refractivity contribution is 5.35. The first-order valence-corrected chi connectivity index (χ1v) is 3.87. The standard InChI is InChI=1S/C9H11N3O/c1-9(11,6-13)7-3-2-4-12-8(7)5-10/h2-4,13H,6,11H2,1H3/t9-/m1/s1. The number of aliphatic hydroxyl groups excluding tert-OH is 1. The lowest BCUT2D eigenvalue weighted by Crippen LogP contribution is -2.37. The Labute approximate surface area is 76.6 Å². The van der Waals surface area contributed by atoms with Gasteiger partial charge < -0.3 is 10.8 Å². The maximum absolute atomic E-state index is 9.01. The van der Waals surface area contributed by atoms with Crippen LogP contribution in [-0.4, -0.2) is 16.7 Å². The molecule has 13 heavy (non-hydrogen) atoms. The minimum Gasteiger partial charge on any atom is -0.394 e. The molecule has 0 unspecified atom stereocenters. The molecule has 1 rings (SSSR count). The number of aromatic nitrogens is 1. The quantitative estimate of drug-likeness (QED) is 0.672. The number of hydrogen-bond acceptors (Lipinski definition) is 4. The predicted molar refractivity (Wildman–Crippen MR) is 47.6 cm³/mol. The number of pyridine rings is 1. The number of aliphatic hydroxyl groups is 1. The second kappa shape index (κ2) is 3.52. The van der Waals surface area contributed by atoms with Crippen LogP contribution in [0.25, 0.3) is 0 Å². The van der Waals surface area contributed by atoms with E-state index in [4.69, 9.17) is 16.1 Å². The summed E-state index contributed by atoms with van der Waals surface area (Å²) in [5.74, 6) is 0. The van der Waals surface area contributed by atoms with Gasteiger partial charge in [-0.1, -0.05) is 6.07 Å². The van der Waals surface area contributed by atoms with Gasteiger partial charge in [0.05, 0.1) is 12.1 Å². The second-order valence-corrected chi connectivity index (χ2v) is 3.09. The molecule has 4 heteroatoms. The third kappa shape index (κ3) is 1.83. The van der Waals surface area contributed by atoms with E-state index in [9.17, 15) is 0 Å². The molecule has 0 amide bonds. The average molecular weight is 177 g/mol. The van der Waals surface area contributed by atoms with Gasteiger partial charge in [-0.25, -0.2) is 4.98 Å². The lowest BCUT2D eigenvalue weighted by molar-refractivity contribution is 0.209. The first kappa shape index (κ1) is 9.65. The monoisotopic (exact) mass is 177 g/mol. The Morgan fingerprint density at radius 2 is 2.46 bits per heavy atom. The van der Waals surface area contributed by atoms with E-state index in [0.29, 0.717) is 5.56 Å². The molecule has 0 aliphatic heterocycles. The van der Waals surface area contributed by atoms with Crippen LogP contribution < -0.4 is 5.73 Å². The van der Waals surface area contributed by atoms with E-state index >= 15 is 0 Å². The van der Waals surface area contributed by atoms with Crippen LogP contribution in [0.1, 0.15) is 18.2 Å². The van der Waals surface area contributed by atoms with E-state index < -0.39 is 5.54 Å². The highest BCUT2D eigenvalue weighted by Gasteiger charge is 2.23. The van der Waals surface area contributed by atoms with Crippen molar-refractivity contribution in [2.24, 2.45) is 5.73 Å². The van der Waals surface area contributed by atoms with E-state index in [1.54, 1.807) is 19.1 Å². The van der Waals surface area contributed by atoms with Crippen LogP contribution in [-0.2, 0) is 5.54 Å². The molecule has 0 aliphatic rings. The molecule has 0 saturated carbocycles. The van der Waals surface area contributed by atoms with Gasteiger partial charge in [0.25, 0.3) is 0 Å². The minimum atomic E-state index is -0.903. The van der Waals surface area contributed by atoms with E-state index in [1.807, 2.05) is 6.07 Å². The zero-order valence-electron chi connectivity index (χ0n) is 7.36. The van der Waals surface area contributed by atoms with Gasteiger partial charge in [0.15, 0.2) is 0 Å². The molecule has 0 saturated heterocycles. The summed E-state index contributed by atoms with van der Waals surface area (Å²) in [6.07, 6.45) is 1.52. The number of nitriles is 1. The zero-order valence-corrected chi connectivity index (χ0v) is 7.36. The van der Waals surface area contributed by atoms with E-state index in [-0.39, 0.29) is 12.3 Å². The van der Waals surface area contributed by atoms with Gasteiger partial charge in [0.1, 0.15) is 11.8 Å². The van der Waals surface area contributed by atoms with Crippen molar-refractivity contribution < 1.29 is 5.11 Å². The van der Waals surface area contributed by atoms with Crippen molar-refractivity contribution in [2.45, 2.75) is 12.5 Å². The fourth-order valence-corrected chi connectivity index (χ4v) is 1.04. The van der Waals surface area contributed by atoms with Crippen LogP contribution in [0, 0.1) is 11.3 Å². The van der Waals surface area contributed by atoms with Crippen LogP contribution >= 0.6 is 0 Å². The van der Waals surface area contributed by atoms with Gasteiger partial charge in [-0.05, 0) is 13.0 Å². The molecule has 0 spiro atoms. The summed E-state index contributed by atoms with van der Waals surface area (Å²) in [6.45, 7) is 1.44. The molecule has 1 aromatic rings. The van der Waals surface area contributed by atoms with Gasteiger partial charge in [-0.2, -0.15) is 5.26 Å². The SMILES string of the molecule is C[C@@](N)(CO)c1cccnc1C#N. The normalized spacial score (nSPS) is 14.6. The van der Waals surface area contributed by atoms with Crippen LogP contribution in [0.4, 0.5) is 0 Å². The Kier molecular flexibility index (Phi) is 2.61. The number of nitrogens with two attached hydrogens (primary N) is 1. The van der Waals surface area contributed by atoms with Crippen LogP contribution in [0.3, 0.4) is 0 Å². The molecule has 1 atom stereocenters. The molecule has 0 bridgehead atoms. The van der Waals surface area contributed by atoms with Crippen molar-refractivity contribution in [3.8, 4) is 6.07 Å². The Bertz CT molecular complexity index is 341. The van der Waals surface area contributed by atoms with Crippen molar-refractivity contribution in [1.82, 2.24) is 4.98 Å². The summed E-state index contributed by atoms with van der Waals surface area (Å²) in [4.78, 5) is 3.86. The molecule has 1 aromatic heterocycles. The Hall–Kier alpha value is -1.44. The lowest BCUT2D eigenvalue weighted by atomic mass is 9.93. The smallest absolute Gasteiger partial charge is 0.145 e. The average Bonchev–Trinajstić information content (AvgIpc) is 2.18. The van der Waals surface area contributed by atoms with Crippen molar-refractivity contribution in [1.29, 1.82) is 5.26 Å². The predicted octanol–water partition coefficient (Wildman–Crippen LogP) is 0.119.